The van der Waals surface area contributed by atoms with Gasteiger partial charge in [0.25, 0.3) is 5.91 Å². The zero-order chi connectivity index (χ0) is 15.9. The van der Waals surface area contributed by atoms with Gasteiger partial charge in [-0.05, 0) is 50.3 Å². The zero-order valence-corrected chi connectivity index (χ0v) is 15.4. The minimum atomic E-state index is -0.547. The molecule has 0 aliphatic heterocycles. The van der Waals surface area contributed by atoms with Gasteiger partial charge in [-0.15, -0.1) is 24.2 Å². The minimum Gasteiger partial charge on any atom is -0.481 e. The first kappa shape index (κ1) is 21.1. The van der Waals surface area contributed by atoms with Crippen LogP contribution in [0.3, 0.4) is 0 Å². The molecule has 0 bridgehead atoms. The van der Waals surface area contributed by atoms with Gasteiger partial charge in [-0.1, -0.05) is 13.8 Å². The van der Waals surface area contributed by atoms with Crippen molar-refractivity contribution in [2.75, 3.05) is 12.8 Å². The van der Waals surface area contributed by atoms with Crippen LogP contribution >= 0.6 is 24.2 Å². The number of amides is 1. The van der Waals surface area contributed by atoms with Crippen molar-refractivity contribution in [3.63, 3.8) is 0 Å². The van der Waals surface area contributed by atoms with Crippen molar-refractivity contribution in [1.29, 1.82) is 0 Å². The van der Waals surface area contributed by atoms with Gasteiger partial charge in [0.15, 0.2) is 6.10 Å². The number of carbonyl (C=O) groups excluding carboxylic acids is 1. The van der Waals surface area contributed by atoms with Gasteiger partial charge in [-0.2, -0.15) is 0 Å². The average Bonchev–Trinajstić information content (AvgIpc) is 2.53. The molecule has 1 aromatic carbocycles. The first-order valence-corrected chi connectivity index (χ1v) is 8.55. The summed E-state index contributed by atoms with van der Waals surface area (Å²) >= 11 is 1.67. The van der Waals surface area contributed by atoms with Crippen LogP contribution < -0.4 is 15.8 Å². The molecule has 0 aliphatic rings. The number of nitrogens with one attached hydrogen (secondary N) is 1. The van der Waals surface area contributed by atoms with Crippen LogP contribution in [0, 0.1) is 0 Å². The van der Waals surface area contributed by atoms with Crippen LogP contribution in [0.2, 0.25) is 0 Å². The molecule has 0 saturated heterocycles. The standard InChI is InChI=1S/C16H26N2O2S.ClH/c1-5-16(6-2,11-17)18-15(19)12(3)20-13-7-9-14(21-4)10-8-13;/h7-10,12H,5-6,11,17H2,1-4H3,(H,18,19);1H. The molecule has 0 saturated carbocycles. The lowest BCUT2D eigenvalue weighted by Crippen LogP contribution is -2.55. The normalized spacial score (nSPS) is 12.2. The Hall–Kier alpha value is -0.910. The van der Waals surface area contributed by atoms with Gasteiger partial charge < -0.3 is 15.8 Å². The van der Waals surface area contributed by atoms with E-state index in [9.17, 15) is 4.79 Å². The van der Waals surface area contributed by atoms with Crippen molar-refractivity contribution in [1.82, 2.24) is 5.32 Å². The van der Waals surface area contributed by atoms with Crippen molar-refractivity contribution >= 4 is 30.1 Å². The fourth-order valence-electron chi connectivity index (χ4n) is 2.04. The molecule has 1 amide bonds. The summed E-state index contributed by atoms with van der Waals surface area (Å²) < 4.78 is 5.69. The van der Waals surface area contributed by atoms with Crippen molar-refractivity contribution in [3.8, 4) is 5.75 Å². The smallest absolute Gasteiger partial charge is 0.261 e. The molecule has 1 atom stereocenters. The SMILES string of the molecule is CCC(CC)(CN)NC(=O)C(C)Oc1ccc(SC)cc1.Cl. The number of halogens is 1. The largest absolute Gasteiger partial charge is 0.481 e. The van der Waals surface area contributed by atoms with E-state index in [2.05, 4.69) is 5.32 Å². The average molecular weight is 347 g/mol. The number of hydrogen-bond donors (Lipinski definition) is 2. The molecule has 0 spiro atoms. The first-order valence-electron chi connectivity index (χ1n) is 7.33. The van der Waals surface area contributed by atoms with E-state index in [1.165, 1.54) is 4.90 Å². The quantitative estimate of drug-likeness (QED) is 0.709. The van der Waals surface area contributed by atoms with Crippen LogP contribution in [0.4, 0.5) is 0 Å². The lowest BCUT2D eigenvalue weighted by Gasteiger charge is -2.32. The maximum absolute atomic E-state index is 12.3. The van der Waals surface area contributed by atoms with Crippen molar-refractivity contribution in [3.05, 3.63) is 24.3 Å². The number of thioether (sulfide) groups is 1. The molecule has 0 fully saturated rings. The van der Waals surface area contributed by atoms with Crippen LogP contribution in [-0.4, -0.2) is 30.4 Å². The molecule has 4 nitrogen and oxygen atoms in total. The Bertz CT molecular complexity index is 442. The van der Waals surface area contributed by atoms with Crippen LogP contribution in [0.15, 0.2) is 29.2 Å². The van der Waals surface area contributed by atoms with Gasteiger partial charge >= 0.3 is 0 Å². The summed E-state index contributed by atoms with van der Waals surface area (Å²) in [5.74, 6) is 0.569. The highest BCUT2D eigenvalue weighted by Gasteiger charge is 2.28. The Labute approximate surface area is 144 Å². The highest BCUT2D eigenvalue weighted by Crippen LogP contribution is 2.20. The lowest BCUT2D eigenvalue weighted by atomic mass is 9.92. The highest BCUT2D eigenvalue weighted by atomic mass is 35.5. The molecule has 1 unspecified atom stereocenters. The summed E-state index contributed by atoms with van der Waals surface area (Å²) in [6, 6.07) is 7.72. The van der Waals surface area contributed by atoms with Crippen LogP contribution in [0.1, 0.15) is 33.6 Å². The van der Waals surface area contributed by atoms with Gasteiger partial charge in [0.1, 0.15) is 5.75 Å². The van der Waals surface area contributed by atoms with Gasteiger partial charge in [0, 0.05) is 11.4 Å². The second-order valence-corrected chi connectivity index (χ2v) is 6.00. The van der Waals surface area contributed by atoms with E-state index in [0.717, 1.165) is 12.8 Å². The fraction of sp³-hybridized carbons (Fsp3) is 0.562. The Morgan fingerprint density at radius 1 is 1.32 bits per heavy atom. The van der Waals surface area contributed by atoms with E-state index in [0.29, 0.717) is 12.3 Å². The summed E-state index contributed by atoms with van der Waals surface area (Å²) in [6.07, 6.45) is 3.09. The highest BCUT2D eigenvalue weighted by molar-refractivity contribution is 7.98. The second-order valence-electron chi connectivity index (χ2n) is 5.12. The summed E-state index contributed by atoms with van der Waals surface area (Å²) in [5, 5.41) is 3.03. The van der Waals surface area contributed by atoms with E-state index in [-0.39, 0.29) is 23.9 Å². The fourth-order valence-corrected chi connectivity index (χ4v) is 2.45. The van der Waals surface area contributed by atoms with E-state index in [1.807, 2.05) is 44.4 Å². The maximum atomic E-state index is 12.3. The number of rotatable bonds is 8. The number of ether oxygens (including phenoxy) is 1. The minimum absolute atomic E-state index is 0. The van der Waals surface area contributed by atoms with Crippen LogP contribution in [0.25, 0.3) is 0 Å². The third-order valence-electron chi connectivity index (χ3n) is 3.87. The molecule has 22 heavy (non-hydrogen) atoms. The van der Waals surface area contributed by atoms with E-state index < -0.39 is 6.10 Å². The Morgan fingerprint density at radius 2 is 1.86 bits per heavy atom. The van der Waals surface area contributed by atoms with E-state index >= 15 is 0 Å². The van der Waals surface area contributed by atoms with Crippen molar-refractivity contribution in [2.45, 2.75) is 50.2 Å². The molecular weight excluding hydrogens is 320 g/mol. The summed E-state index contributed by atoms with van der Waals surface area (Å²) in [6.45, 7) is 6.25. The summed E-state index contributed by atoms with van der Waals surface area (Å²) in [4.78, 5) is 13.4. The predicted molar refractivity (Wildman–Crippen MR) is 96.1 cm³/mol. The molecule has 0 aromatic heterocycles. The molecule has 0 aliphatic carbocycles. The molecule has 1 aromatic rings. The van der Waals surface area contributed by atoms with Crippen molar-refractivity contribution < 1.29 is 9.53 Å². The monoisotopic (exact) mass is 346 g/mol. The zero-order valence-electron chi connectivity index (χ0n) is 13.7. The van der Waals surface area contributed by atoms with E-state index in [4.69, 9.17) is 10.5 Å². The Morgan fingerprint density at radius 3 is 2.27 bits per heavy atom. The number of carbonyl (C=O) groups is 1. The van der Waals surface area contributed by atoms with Gasteiger partial charge in [-0.25, -0.2) is 0 Å². The topological polar surface area (TPSA) is 64.3 Å². The molecule has 0 heterocycles. The van der Waals surface area contributed by atoms with Crippen LogP contribution in [-0.2, 0) is 4.79 Å². The van der Waals surface area contributed by atoms with Gasteiger partial charge in [0.05, 0.1) is 5.54 Å². The number of benzene rings is 1. The molecular formula is C16H27ClN2O2S. The first-order chi connectivity index (χ1) is 10.00. The lowest BCUT2D eigenvalue weighted by molar-refractivity contribution is -0.129. The van der Waals surface area contributed by atoms with E-state index in [1.54, 1.807) is 18.7 Å². The Kier molecular flexibility index (Phi) is 9.56. The molecule has 3 N–H and O–H groups in total. The van der Waals surface area contributed by atoms with Gasteiger partial charge in [0.2, 0.25) is 0 Å². The third kappa shape index (κ3) is 5.71. The number of nitrogens with two attached hydrogens (primary N) is 1. The van der Waals surface area contributed by atoms with Gasteiger partial charge in [-0.3, -0.25) is 4.79 Å². The maximum Gasteiger partial charge on any atom is 0.261 e. The molecule has 126 valence electrons. The number of hydrogen-bond acceptors (Lipinski definition) is 4. The van der Waals surface area contributed by atoms with Crippen LogP contribution in [0.5, 0.6) is 5.75 Å². The molecule has 6 heteroatoms. The summed E-state index contributed by atoms with van der Waals surface area (Å²) in [7, 11) is 0. The second kappa shape index (κ2) is 9.98. The Balaban J connectivity index is 0.00000441. The molecule has 1 rings (SSSR count). The summed E-state index contributed by atoms with van der Waals surface area (Å²) in [5.41, 5.74) is 5.47. The predicted octanol–water partition coefficient (Wildman–Crippen LogP) is 3.23. The molecule has 0 radical (unpaired) electrons. The van der Waals surface area contributed by atoms with Crippen molar-refractivity contribution in [2.24, 2.45) is 5.73 Å². The third-order valence-corrected chi connectivity index (χ3v) is 4.62.